The van der Waals surface area contributed by atoms with Crippen LogP contribution in [0.15, 0.2) is 133 Å². The van der Waals surface area contributed by atoms with Gasteiger partial charge in [0.2, 0.25) is 0 Å². The fourth-order valence-electron chi connectivity index (χ4n) is 6.52. The van der Waals surface area contributed by atoms with Crippen LogP contribution in [0.25, 0.3) is 21.5 Å². The second kappa shape index (κ2) is 26.0. The standard InChI is InChI=1S/C23H23F3.C12H13N.C11H16O3S.I2.HI/c1-17(21-15-7-12-19-11-4-5-14-22(19)21)8-2-3-9-18-10-6-13-20(16-18)23(24,25)26;1-9(13)11-8-4-6-10-5-2-3-7-12(10)11;1-10-5-3-6-11(9-10)7-4-8-14-15(2,12)13;1-2;/h4-7,10-17H,2-3,8-9H2,1H3;2-9H,13H2,1H3;3,5-6,9H,4,7-8H2,1-2H3;;1H/t17-;9-;;;/m01.../s1. The Bertz CT molecular complexity index is 2190. The van der Waals surface area contributed by atoms with Gasteiger partial charge in [0.05, 0.1) is 18.4 Å². The Labute approximate surface area is 378 Å². The molecule has 308 valence electrons. The van der Waals surface area contributed by atoms with Gasteiger partial charge in [-0.25, -0.2) is 0 Å². The molecule has 0 bridgehead atoms. The van der Waals surface area contributed by atoms with Crippen LogP contribution < -0.4 is 5.73 Å². The van der Waals surface area contributed by atoms with E-state index in [2.05, 4.69) is 121 Å². The second-order valence-electron chi connectivity index (χ2n) is 13.9. The quantitative estimate of drug-likeness (QED) is 0.0753. The summed E-state index contributed by atoms with van der Waals surface area (Å²) in [5.74, 6) is 0.433. The first-order chi connectivity index (χ1) is 26.7. The lowest BCUT2D eigenvalue weighted by molar-refractivity contribution is -0.137. The Morgan fingerprint density at radius 1 is 0.667 bits per heavy atom. The van der Waals surface area contributed by atoms with Gasteiger partial charge in [-0.05, 0) is 102 Å². The Morgan fingerprint density at radius 3 is 1.72 bits per heavy atom. The zero-order valence-electron chi connectivity index (χ0n) is 32.8. The summed E-state index contributed by atoms with van der Waals surface area (Å²) < 4.78 is 64.3. The van der Waals surface area contributed by atoms with Gasteiger partial charge in [0.1, 0.15) is 0 Å². The Balaban J connectivity index is 0.000000309. The molecule has 0 amide bonds. The van der Waals surface area contributed by atoms with E-state index in [0.29, 0.717) is 12.3 Å². The van der Waals surface area contributed by atoms with E-state index in [1.165, 1.54) is 55.9 Å². The first-order valence-electron chi connectivity index (χ1n) is 18.6. The van der Waals surface area contributed by atoms with Crippen molar-refractivity contribution in [3.05, 3.63) is 167 Å². The summed E-state index contributed by atoms with van der Waals surface area (Å²) in [5, 5.41) is 5.07. The molecule has 6 aromatic rings. The Morgan fingerprint density at radius 2 is 1.16 bits per heavy atom. The average molecular weight is 1140 g/mol. The lowest BCUT2D eigenvalue weighted by Crippen LogP contribution is -2.05. The third-order valence-electron chi connectivity index (χ3n) is 9.26. The van der Waals surface area contributed by atoms with Gasteiger partial charge in [-0.2, -0.15) is 21.6 Å². The molecule has 6 aromatic carbocycles. The molecule has 0 spiro atoms. The third kappa shape index (κ3) is 18.2. The molecule has 6 rings (SSSR count). The fourth-order valence-corrected chi connectivity index (χ4v) is 6.94. The van der Waals surface area contributed by atoms with Crippen LogP contribution in [-0.2, 0) is 33.3 Å². The number of fused-ring (bicyclic) bond motifs is 2. The molecule has 2 atom stereocenters. The third-order valence-corrected chi connectivity index (χ3v) is 9.86. The predicted octanol–water partition coefficient (Wildman–Crippen LogP) is 14.5. The van der Waals surface area contributed by atoms with Crippen molar-refractivity contribution in [3.8, 4) is 0 Å². The number of halogens is 6. The lowest BCUT2D eigenvalue weighted by atomic mass is 9.90. The SMILES string of the molecule is C[C@@H](CCCCc1cccc(C(F)(F)F)c1)c1cccc2ccccc12.C[C@@H](N)c1cccc2ccccc12.Cc1cccc(CCCOS(C)(=O)=O)c1.I.II. The molecule has 0 heterocycles. The Hall–Kier alpha value is -2.31. The van der Waals surface area contributed by atoms with E-state index < -0.39 is 21.9 Å². The van der Waals surface area contributed by atoms with Crippen molar-refractivity contribution in [2.45, 2.75) is 77.4 Å². The van der Waals surface area contributed by atoms with Gasteiger partial charge in [-0.3, -0.25) is 4.18 Å². The normalized spacial score (nSPS) is 12.1. The van der Waals surface area contributed by atoms with Crippen LogP contribution in [-0.4, -0.2) is 21.3 Å². The van der Waals surface area contributed by atoms with Crippen LogP contribution in [0.2, 0.25) is 0 Å². The van der Waals surface area contributed by atoms with Crippen LogP contribution >= 0.6 is 61.2 Å². The van der Waals surface area contributed by atoms with Crippen LogP contribution in [0.3, 0.4) is 0 Å². The molecule has 0 unspecified atom stereocenters. The summed E-state index contributed by atoms with van der Waals surface area (Å²) in [7, 11) is -3.29. The molecule has 0 aliphatic carbocycles. The smallest absolute Gasteiger partial charge is 0.324 e. The molecule has 0 radical (unpaired) electrons. The molecule has 57 heavy (non-hydrogen) atoms. The fraction of sp³-hybridized carbons (Fsp3) is 0.304. The summed E-state index contributed by atoms with van der Waals surface area (Å²) >= 11 is 4.24. The minimum atomic E-state index is -4.26. The molecule has 11 heteroatoms. The van der Waals surface area contributed by atoms with Crippen molar-refractivity contribution in [3.63, 3.8) is 0 Å². The highest BCUT2D eigenvalue weighted by molar-refractivity contribution is 15.0. The highest BCUT2D eigenvalue weighted by Crippen LogP contribution is 2.31. The van der Waals surface area contributed by atoms with Crippen LogP contribution in [0, 0.1) is 6.92 Å². The average Bonchev–Trinajstić information content (AvgIpc) is 3.18. The largest absolute Gasteiger partial charge is 0.416 e. The number of nitrogens with two attached hydrogens (primary N) is 1. The van der Waals surface area contributed by atoms with E-state index in [4.69, 9.17) is 5.73 Å². The number of rotatable bonds is 12. The summed E-state index contributed by atoms with van der Waals surface area (Å²) in [6, 6.07) is 43.3. The molecule has 0 saturated heterocycles. The molecule has 2 N–H and O–H groups in total. The van der Waals surface area contributed by atoms with Gasteiger partial charge >= 0.3 is 6.18 Å². The molecule has 0 aliphatic rings. The van der Waals surface area contributed by atoms with Crippen molar-refractivity contribution in [1.82, 2.24) is 0 Å². The number of benzene rings is 6. The van der Waals surface area contributed by atoms with E-state index in [1.807, 2.05) is 50.2 Å². The topological polar surface area (TPSA) is 69.4 Å². The lowest BCUT2D eigenvalue weighted by Gasteiger charge is -2.15. The van der Waals surface area contributed by atoms with E-state index in [9.17, 15) is 21.6 Å². The number of alkyl halides is 3. The van der Waals surface area contributed by atoms with Gasteiger partial charge in [-0.15, -0.1) is 24.0 Å². The highest BCUT2D eigenvalue weighted by atomic mass is 128. The molecule has 0 aliphatic heterocycles. The summed E-state index contributed by atoms with van der Waals surface area (Å²) in [5.41, 5.74) is 11.1. The number of unbranched alkanes of at least 4 members (excludes halogenated alkanes) is 1. The predicted molar refractivity (Wildman–Crippen MR) is 262 cm³/mol. The van der Waals surface area contributed by atoms with Crippen molar-refractivity contribution >= 4 is 92.9 Å². The highest BCUT2D eigenvalue weighted by Gasteiger charge is 2.30. The van der Waals surface area contributed by atoms with Crippen LogP contribution in [0.5, 0.6) is 0 Å². The minimum absolute atomic E-state index is 0. The van der Waals surface area contributed by atoms with E-state index in [-0.39, 0.29) is 36.6 Å². The first-order valence-corrected chi connectivity index (χ1v) is 26.7. The van der Waals surface area contributed by atoms with Crippen molar-refractivity contribution < 1.29 is 25.8 Å². The Kier molecular flexibility index (Phi) is 23.2. The zero-order chi connectivity index (χ0) is 41.1. The van der Waals surface area contributed by atoms with Crippen molar-refractivity contribution in [2.24, 2.45) is 5.73 Å². The number of hydrogen-bond acceptors (Lipinski definition) is 4. The molecular weight excluding hydrogens is 1080 g/mol. The van der Waals surface area contributed by atoms with E-state index in [1.54, 1.807) is 6.07 Å². The summed E-state index contributed by atoms with van der Waals surface area (Å²) in [6.07, 6.45) is 1.99. The van der Waals surface area contributed by atoms with Gasteiger partial charge < -0.3 is 5.73 Å². The minimum Gasteiger partial charge on any atom is -0.324 e. The molecule has 0 saturated carbocycles. The van der Waals surface area contributed by atoms with Crippen LogP contribution in [0.1, 0.15) is 84.9 Å². The first kappa shape index (κ1) is 50.8. The van der Waals surface area contributed by atoms with Gasteiger partial charge in [0, 0.05) is 43.3 Å². The van der Waals surface area contributed by atoms with Crippen molar-refractivity contribution in [2.75, 3.05) is 12.9 Å². The summed E-state index contributed by atoms with van der Waals surface area (Å²) in [4.78, 5) is 0. The molecule has 0 aromatic heterocycles. The maximum Gasteiger partial charge on any atom is 0.416 e. The monoisotopic (exact) mass is 1140 g/mol. The van der Waals surface area contributed by atoms with Gasteiger partial charge in [0.25, 0.3) is 10.1 Å². The molecule has 0 fully saturated rings. The zero-order valence-corrected chi connectivity index (χ0v) is 40.3. The maximum atomic E-state index is 12.8. The van der Waals surface area contributed by atoms with E-state index in [0.717, 1.165) is 50.0 Å². The molecule has 4 nitrogen and oxygen atoms in total. The van der Waals surface area contributed by atoms with E-state index >= 15 is 0 Å². The summed E-state index contributed by atoms with van der Waals surface area (Å²) in [6.45, 7) is 6.54. The van der Waals surface area contributed by atoms with Gasteiger partial charge in [0.15, 0.2) is 0 Å². The number of hydrogen-bond donors (Lipinski definition) is 1. The second-order valence-corrected chi connectivity index (χ2v) is 15.5. The van der Waals surface area contributed by atoms with Crippen molar-refractivity contribution in [1.29, 1.82) is 0 Å². The number of aryl methyl sites for hydroxylation is 3. The maximum absolute atomic E-state index is 12.8. The van der Waals surface area contributed by atoms with Crippen LogP contribution in [0.4, 0.5) is 13.2 Å². The molecular formula is C46H53F3I3NO3S. The van der Waals surface area contributed by atoms with Gasteiger partial charge in [-0.1, -0.05) is 146 Å².